The molecule has 5 heteroatoms. The first kappa shape index (κ1) is 17.1. The molecule has 2 aromatic rings. The molecule has 0 aliphatic carbocycles. The highest BCUT2D eigenvalue weighted by atomic mass is 16.2. The van der Waals surface area contributed by atoms with Crippen LogP contribution in [0.1, 0.15) is 46.0 Å². The number of piperazine rings is 1. The van der Waals surface area contributed by atoms with Crippen molar-refractivity contribution in [3.05, 3.63) is 65.5 Å². The van der Waals surface area contributed by atoms with E-state index in [-0.39, 0.29) is 11.8 Å². The van der Waals surface area contributed by atoms with Gasteiger partial charge in [0.25, 0.3) is 11.8 Å². The molecule has 1 aliphatic rings. The maximum atomic E-state index is 12.6. The summed E-state index contributed by atoms with van der Waals surface area (Å²) in [6.07, 6.45) is 3.24. The molecule has 0 radical (unpaired) electrons. The fourth-order valence-corrected chi connectivity index (χ4v) is 2.98. The van der Waals surface area contributed by atoms with Gasteiger partial charge in [0.05, 0.1) is 0 Å². The maximum Gasteiger partial charge on any atom is 0.254 e. The minimum absolute atomic E-state index is 0.00390. The van der Waals surface area contributed by atoms with E-state index in [1.54, 1.807) is 29.4 Å². The van der Waals surface area contributed by atoms with Crippen molar-refractivity contribution < 1.29 is 9.59 Å². The molecule has 0 N–H and O–H groups in total. The van der Waals surface area contributed by atoms with E-state index in [0.29, 0.717) is 43.2 Å². The number of amides is 2. The van der Waals surface area contributed by atoms with Crippen molar-refractivity contribution in [2.24, 2.45) is 0 Å². The van der Waals surface area contributed by atoms with Crippen LogP contribution in [0, 0.1) is 0 Å². The molecule has 2 amide bonds. The predicted molar refractivity (Wildman–Crippen MR) is 96.6 cm³/mol. The molecule has 1 aliphatic heterocycles. The normalized spacial score (nSPS) is 14.7. The lowest BCUT2D eigenvalue weighted by molar-refractivity contribution is 0.0535. The van der Waals surface area contributed by atoms with Crippen LogP contribution in [0.4, 0.5) is 0 Å². The zero-order valence-corrected chi connectivity index (χ0v) is 14.7. The van der Waals surface area contributed by atoms with Gasteiger partial charge in [0, 0.05) is 49.7 Å². The standard InChI is InChI=1S/C20H23N3O2/c1-15(2)16-3-5-17(6-4-16)19(24)22-11-13-23(14-12-22)20(25)18-7-9-21-10-8-18/h3-10,15H,11-14H2,1-2H3. The van der Waals surface area contributed by atoms with Gasteiger partial charge in [-0.1, -0.05) is 26.0 Å². The van der Waals surface area contributed by atoms with Crippen molar-refractivity contribution in [2.75, 3.05) is 26.2 Å². The zero-order chi connectivity index (χ0) is 17.8. The Morgan fingerprint density at radius 2 is 1.24 bits per heavy atom. The second kappa shape index (κ2) is 7.47. The Morgan fingerprint density at radius 1 is 0.800 bits per heavy atom. The zero-order valence-electron chi connectivity index (χ0n) is 14.7. The molecule has 1 saturated heterocycles. The summed E-state index contributed by atoms with van der Waals surface area (Å²) < 4.78 is 0. The lowest BCUT2D eigenvalue weighted by atomic mass is 10.0. The van der Waals surface area contributed by atoms with Gasteiger partial charge in [-0.2, -0.15) is 0 Å². The Hall–Kier alpha value is -2.69. The van der Waals surface area contributed by atoms with E-state index in [4.69, 9.17) is 0 Å². The van der Waals surface area contributed by atoms with Gasteiger partial charge >= 0.3 is 0 Å². The van der Waals surface area contributed by atoms with Gasteiger partial charge in [-0.25, -0.2) is 0 Å². The number of carbonyl (C=O) groups is 2. The van der Waals surface area contributed by atoms with E-state index >= 15 is 0 Å². The Labute approximate surface area is 148 Å². The number of hydrogen-bond donors (Lipinski definition) is 0. The summed E-state index contributed by atoms with van der Waals surface area (Å²) in [7, 11) is 0. The lowest BCUT2D eigenvalue weighted by Crippen LogP contribution is -2.50. The third-order valence-electron chi connectivity index (χ3n) is 4.61. The summed E-state index contributed by atoms with van der Waals surface area (Å²) in [6.45, 7) is 6.49. The molecule has 1 aromatic carbocycles. The molecule has 0 bridgehead atoms. The van der Waals surface area contributed by atoms with Gasteiger partial charge in [-0.05, 0) is 35.7 Å². The molecule has 2 heterocycles. The molecule has 5 nitrogen and oxygen atoms in total. The number of aromatic nitrogens is 1. The summed E-state index contributed by atoms with van der Waals surface area (Å²) >= 11 is 0. The number of carbonyl (C=O) groups excluding carboxylic acids is 2. The Balaban J connectivity index is 1.60. The second-order valence-corrected chi connectivity index (χ2v) is 6.60. The van der Waals surface area contributed by atoms with Crippen LogP contribution < -0.4 is 0 Å². The van der Waals surface area contributed by atoms with Gasteiger partial charge in [0.2, 0.25) is 0 Å². The number of pyridine rings is 1. The average Bonchev–Trinajstić information content (AvgIpc) is 2.67. The molecular weight excluding hydrogens is 314 g/mol. The highest BCUT2D eigenvalue weighted by Crippen LogP contribution is 2.17. The van der Waals surface area contributed by atoms with Crippen LogP contribution in [0.15, 0.2) is 48.8 Å². The van der Waals surface area contributed by atoms with E-state index in [2.05, 4.69) is 18.8 Å². The molecule has 0 saturated carbocycles. The third kappa shape index (κ3) is 3.87. The summed E-state index contributed by atoms with van der Waals surface area (Å²) in [5.41, 5.74) is 2.57. The van der Waals surface area contributed by atoms with Crippen LogP contribution >= 0.6 is 0 Å². The molecule has 1 fully saturated rings. The summed E-state index contributed by atoms with van der Waals surface area (Å²) in [6, 6.07) is 11.3. The van der Waals surface area contributed by atoms with Crippen molar-refractivity contribution in [3.63, 3.8) is 0 Å². The van der Waals surface area contributed by atoms with E-state index in [9.17, 15) is 9.59 Å². The second-order valence-electron chi connectivity index (χ2n) is 6.60. The van der Waals surface area contributed by atoms with Crippen LogP contribution in [0.2, 0.25) is 0 Å². The summed E-state index contributed by atoms with van der Waals surface area (Å²) in [5, 5.41) is 0. The van der Waals surface area contributed by atoms with Crippen molar-refractivity contribution in [1.29, 1.82) is 0 Å². The molecular formula is C20H23N3O2. The predicted octanol–water partition coefficient (Wildman–Crippen LogP) is 2.80. The molecule has 0 unspecified atom stereocenters. The van der Waals surface area contributed by atoms with Crippen molar-refractivity contribution >= 4 is 11.8 Å². The van der Waals surface area contributed by atoms with Crippen LogP contribution in [-0.4, -0.2) is 52.8 Å². The van der Waals surface area contributed by atoms with Gasteiger partial charge in [-0.15, -0.1) is 0 Å². The van der Waals surface area contributed by atoms with Crippen LogP contribution in [-0.2, 0) is 0 Å². The first-order valence-electron chi connectivity index (χ1n) is 8.65. The van der Waals surface area contributed by atoms with Gasteiger partial charge < -0.3 is 9.80 Å². The first-order valence-corrected chi connectivity index (χ1v) is 8.65. The average molecular weight is 337 g/mol. The number of hydrogen-bond acceptors (Lipinski definition) is 3. The summed E-state index contributed by atoms with van der Waals surface area (Å²) in [5.74, 6) is 0.481. The summed E-state index contributed by atoms with van der Waals surface area (Å²) in [4.78, 5) is 32.6. The largest absolute Gasteiger partial charge is 0.335 e. The Bertz CT molecular complexity index is 733. The number of nitrogens with zero attached hydrogens (tertiary/aromatic N) is 3. The lowest BCUT2D eigenvalue weighted by Gasteiger charge is -2.34. The number of benzene rings is 1. The van der Waals surface area contributed by atoms with Crippen LogP contribution in [0.25, 0.3) is 0 Å². The molecule has 25 heavy (non-hydrogen) atoms. The molecule has 1 aromatic heterocycles. The van der Waals surface area contributed by atoms with Gasteiger partial charge in [0.1, 0.15) is 0 Å². The van der Waals surface area contributed by atoms with Gasteiger partial charge in [-0.3, -0.25) is 14.6 Å². The van der Waals surface area contributed by atoms with Crippen molar-refractivity contribution in [2.45, 2.75) is 19.8 Å². The molecule has 0 atom stereocenters. The van der Waals surface area contributed by atoms with E-state index in [1.165, 1.54) is 5.56 Å². The van der Waals surface area contributed by atoms with E-state index in [1.807, 2.05) is 29.2 Å². The first-order chi connectivity index (χ1) is 12.1. The SMILES string of the molecule is CC(C)c1ccc(C(=O)N2CCN(C(=O)c3ccncc3)CC2)cc1. The van der Waals surface area contributed by atoms with Crippen LogP contribution in [0.3, 0.4) is 0 Å². The van der Waals surface area contributed by atoms with E-state index < -0.39 is 0 Å². The van der Waals surface area contributed by atoms with Crippen molar-refractivity contribution in [1.82, 2.24) is 14.8 Å². The van der Waals surface area contributed by atoms with E-state index in [0.717, 1.165) is 0 Å². The highest BCUT2D eigenvalue weighted by molar-refractivity contribution is 5.96. The van der Waals surface area contributed by atoms with Crippen molar-refractivity contribution in [3.8, 4) is 0 Å². The number of rotatable bonds is 3. The minimum atomic E-state index is -0.00390. The molecule has 0 spiro atoms. The minimum Gasteiger partial charge on any atom is -0.335 e. The monoisotopic (exact) mass is 337 g/mol. The Kier molecular flexibility index (Phi) is 5.12. The maximum absolute atomic E-state index is 12.6. The van der Waals surface area contributed by atoms with Gasteiger partial charge in [0.15, 0.2) is 0 Å². The highest BCUT2D eigenvalue weighted by Gasteiger charge is 2.25. The Morgan fingerprint density at radius 3 is 1.68 bits per heavy atom. The fraction of sp³-hybridized carbons (Fsp3) is 0.350. The molecule has 130 valence electrons. The van der Waals surface area contributed by atoms with Crippen LogP contribution in [0.5, 0.6) is 0 Å². The topological polar surface area (TPSA) is 53.5 Å². The fourth-order valence-electron chi connectivity index (χ4n) is 2.98. The molecule has 3 rings (SSSR count). The third-order valence-corrected chi connectivity index (χ3v) is 4.61. The smallest absolute Gasteiger partial charge is 0.254 e. The quantitative estimate of drug-likeness (QED) is 0.865.